The van der Waals surface area contributed by atoms with Gasteiger partial charge in [0.15, 0.2) is 0 Å². The number of hydrogen-bond donors (Lipinski definition) is 0. The van der Waals surface area contributed by atoms with E-state index in [2.05, 4.69) is 13.5 Å². The zero-order valence-electron chi connectivity index (χ0n) is 6.64. The first kappa shape index (κ1) is 10.0. The highest BCUT2D eigenvalue weighted by molar-refractivity contribution is 7.99. The predicted molar refractivity (Wildman–Crippen MR) is 48.6 cm³/mol. The van der Waals surface area contributed by atoms with Crippen molar-refractivity contribution in [2.45, 2.75) is 13.3 Å². The third-order valence-corrected chi connectivity index (χ3v) is 1.88. The van der Waals surface area contributed by atoms with E-state index < -0.39 is 0 Å². The lowest BCUT2D eigenvalue weighted by Gasteiger charge is -1.99. The van der Waals surface area contributed by atoms with Crippen LogP contribution in [0.4, 0.5) is 0 Å². The van der Waals surface area contributed by atoms with E-state index in [1.807, 2.05) is 17.8 Å². The summed E-state index contributed by atoms with van der Waals surface area (Å²) in [7, 11) is 0. The second kappa shape index (κ2) is 9.05. The summed E-state index contributed by atoms with van der Waals surface area (Å²) < 4.78 is 5.27. The lowest BCUT2D eigenvalue weighted by Crippen LogP contribution is -1.97. The molecule has 0 radical (unpaired) electrons. The minimum absolute atomic E-state index is 0.881. The standard InChI is InChI=1S/C8H16OS/c1-3-5-9-6-8-10-7-4-2/h4H,2-3,5-8H2,1H3. The van der Waals surface area contributed by atoms with Gasteiger partial charge in [0.25, 0.3) is 0 Å². The van der Waals surface area contributed by atoms with Crippen molar-refractivity contribution in [2.75, 3.05) is 24.7 Å². The molecule has 0 unspecified atom stereocenters. The first-order chi connectivity index (χ1) is 4.91. The lowest BCUT2D eigenvalue weighted by molar-refractivity contribution is 0.151. The molecule has 0 aliphatic heterocycles. The summed E-state index contributed by atoms with van der Waals surface area (Å²) in [6, 6.07) is 0. The topological polar surface area (TPSA) is 9.23 Å². The van der Waals surface area contributed by atoms with E-state index in [4.69, 9.17) is 4.74 Å². The molecule has 0 amide bonds. The van der Waals surface area contributed by atoms with Crippen molar-refractivity contribution in [3.05, 3.63) is 12.7 Å². The summed E-state index contributed by atoms with van der Waals surface area (Å²) in [5, 5.41) is 0. The van der Waals surface area contributed by atoms with E-state index in [1.165, 1.54) is 0 Å². The van der Waals surface area contributed by atoms with Crippen molar-refractivity contribution in [2.24, 2.45) is 0 Å². The number of rotatable bonds is 7. The van der Waals surface area contributed by atoms with Gasteiger partial charge in [0.1, 0.15) is 0 Å². The molecule has 0 saturated heterocycles. The quantitative estimate of drug-likeness (QED) is 0.417. The Balaban J connectivity index is 2.70. The molecular weight excluding hydrogens is 144 g/mol. The van der Waals surface area contributed by atoms with Crippen LogP contribution in [-0.2, 0) is 4.74 Å². The van der Waals surface area contributed by atoms with E-state index in [-0.39, 0.29) is 0 Å². The molecule has 2 heteroatoms. The van der Waals surface area contributed by atoms with Crippen LogP contribution in [0.1, 0.15) is 13.3 Å². The van der Waals surface area contributed by atoms with Gasteiger partial charge in [-0.25, -0.2) is 0 Å². The second-order valence-electron chi connectivity index (χ2n) is 1.98. The van der Waals surface area contributed by atoms with Crippen molar-refractivity contribution < 1.29 is 4.74 Å². The highest BCUT2D eigenvalue weighted by Crippen LogP contribution is 1.98. The summed E-state index contributed by atoms with van der Waals surface area (Å²) in [4.78, 5) is 0. The maximum Gasteiger partial charge on any atom is 0.0556 e. The molecule has 0 aliphatic rings. The highest BCUT2D eigenvalue weighted by atomic mass is 32.2. The van der Waals surface area contributed by atoms with Gasteiger partial charge in [-0.2, -0.15) is 11.8 Å². The molecule has 10 heavy (non-hydrogen) atoms. The molecule has 0 bridgehead atoms. The van der Waals surface area contributed by atoms with Crippen molar-refractivity contribution in [1.29, 1.82) is 0 Å². The SMILES string of the molecule is C=CCSCCOCCC. The fourth-order valence-electron chi connectivity index (χ4n) is 0.531. The van der Waals surface area contributed by atoms with E-state index >= 15 is 0 Å². The molecule has 0 saturated carbocycles. The maximum absolute atomic E-state index is 5.27. The molecular formula is C8H16OS. The summed E-state index contributed by atoms with van der Waals surface area (Å²) in [6.07, 6.45) is 3.04. The van der Waals surface area contributed by atoms with Crippen LogP contribution >= 0.6 is 11.8 Å². The number of ether oxygens (including phenoxy) is 1. The molecule has 0 fully saturated rings. The van der Waals surface area contributed by atoms with E-state index in [1.54, 1.807) is 0 Å². The molecule has 0 atom stereocenters. The van der Waals surface area contributed by atoms with Crippen LogP contribution in [0, 0.1) is 0 Å². The third-order valence-electron chi connectivity index (χ3n) is 0.956. The Morgan fingerprint density at radius 3 is 2.90 bits per heavy atom. The second-order valence-corrected chi connectivity index (χ2v) is 3.13. The molecule has 0 aliphatic carbocycles. The molecule has 0 heterocycles. The average Bonchev–Trinajstić information content (AvgIpc) is 1.97. The summed E-state index contributed by atoms with van der Waals surface area (Å²) in [6.45, 7) is 7.53. The molecule has 60 valence electrons. The van der Waals surface area contributed by atoms with Gasteiger partial charge >= 0.3 is 0 Å². The Kier molecular flexibility index (Phi) is 9.10. The Morgan fingerprint density at radius 2 is 2.30 bits per heavy atom. The fraction of sp³-hybridized carbons (Fsp3) is 0.750. The van der Waals surface area contributed by atoms with Gasteiger partial charge in [-0.05, 0) is 6.42 Å². The van der Waals surface area contributed by atoms with Crippen LogP contribution in [0.3, 0.4) is 0 Å². The van der Waals surface area contributed by atoms with Crippen LogP contribution in [0.25, 0.3) is 0 Å². The Morgan fingerprint density at radius 1 is 1.50 bits per heavy atom. The molecule has 0 aromatic carbocycles. The minimum Gasteiger partial charge on any atom is -0.381 e. The van der Waals surface area contributed by atoms with Gasteiger partial charge in [-0.3, -0.25) is 0 Å². The van der Waals surface area contributed by atoms with Crippen LogP contribution in [0.2, 0.25) is 0 Å². The van der Waals surface area contributed by atoms with Gasteiger partial charge in [0.2, 0.25) is 0 Å². The Hall–Kier alpha value is 0.0500. The number of thioether (sulfide) groups is 1. The molecule has 0 aromatic heterocycles. The maximum atomic E-state index is 5.27. The van der Waals surface area contributed by atoms with Crippen molar-refractivity contribution in [3.63, 3.8) is 0 Å². The van der Waals surface area contributed by atoms with Crippen LogP contribution in [-0.4, -0.2) is 24.7 Å². The Labute approximate surface area is 67.8 Å². The van der Waals surface area contributed by atoms with Crippen molar-refractivity contribution in [1.82, 2.24) is 0 Å². The predicted octanol–water partition coefficient (Wildman–Crippen LogP) is 2.33. The molecule has 0 N–H and O–H groups in total. The molecule has 0 rings (SSSR count). The highest BCUT2D eigenvalue weighted by Gasteiger charge is 1.85. The van der Waals surface area contributed by atoms with Crippen molar-refractivity contribution in [3.8, 4) is 0 Å². The van der Waals surface area contributed by atoms with Gasteiger partial charge in [-0.15, -0.1) is 6.58 Å². The first-order valence-electron chi connectivity index (χ1n) is 3.68. The largest absolute Gasteiger partial charge is 0.381 e. The van der Waals surface area contributed by atoms with E-state index in [0.29, 0.717) is 0 Å². The first-order valence-corrected chi connectivity index (χ1v) is 4.83. The fourth-order valence-corrected chi connectivity index (χ4v) is 1.10. The summed E-state index contributed by atoms with van der Waals surface area (Å²) in [5.74, 6) is 2.13. The average molecular weight is 160 g/mol. The van der Waals surface area contributed by atoms with Gasteiger partial charge < -0.3 is 4.74 Å². The third kappa shape index (κ3) is 8.05. The van der Waals surface area contributed by atoms with Gasteiger partial charge in [0, 0.05) is 18.1 Å². The molecule has 0 aromatic rings. The van der Waals surface area contributed by atoms with Crippen LogP contribution in [0.5, 0.6) is 0 Å². The summed E-state index contributed by atoms with van der Waals surface area (Å²) in [5.41, 5.74) is 0. The molecule has 0 spiro atoms. The normalized spacial score (nSPS) is 9.70. The zero-order valence-corrected chi connectivity index (χ0v) is 7.45. The van der Waals surface area contributed by atoms with Gasteiger partial charge in [-0.1, -0.05) is 13.0 Å². The number of hydrogen-bond acceptors (Lipinski definition) is 2. The zero-order chi connectivity index (χ0) is 7.66. The van der Waals surface area contributed by atoms with E-state index in [0.717, 1.165) is 31.1 Å². The van der Waals surface area contributed by atoms with Crippen LogP contribution < -0.4 is 0 Å². The van der Waals surface area contributed by atoms with Crippen LogP contribution in [0.15, 0.2) is 12.7 Å². The minimum atomic E-state index is 0.881. The smallest absolute Gasteiger partial charge is 0.0556 e. The monoisotopic (exact) mass is 160 g/mol. The van der Waals surface area contributed by atoms with Gasteiger partial charge in [0.05, 0.1) is 6.61 Å². The van der Waals surface area contributed by atoms with E-state index in [9.17, 15) is 0 Å². The molecule has 1 nitrogen and oxygen atoms in total. The lowest BCUT2D eigenvalue weighted by atomic mass is 10.5. The van der Waals surface area contributed by atoms with Crippen molar-refractivity contribution >= 4 is 11.8 Å². The summed E-state index contributed by atoms with van der Waals surface area (Å²) >= 11 is 1.86. The Bertz CT molecular complexity index is 73.7.